The number of thioether (sulfide) groups is 1. The molecule has 7 heteroatoms. The van der Waals surface area contributed by atoms with E-state index >= 15 is 0 Å². The van der Waals surface area contributed by atoms with Crippen molar-refractivity contribution in [1.82, 2.24) is 4.90 Å². The number of carbonyl (C=O) groups excluding carboxylic acids is 1. The average molecular weight is 548 g/mol. The molecule has 0 aliphatic carbocycles. The van der Waals surface area contributed by atoms with E-state index in [-0.39, 0.29) is 39.7 Å². The number of aromatic hydroxyl groups is 2. The summed E-state index contributed by atoms with van der Waals surface area (Å²) in [5.74, 6) is -0.418. The van der Waals surface area contributed by atoms with Gasteiger partial charge in [0, 0.05) is 12.5 Å². The van der Waals surface area contributed by atoms with Crippen molar-refractivity contribution in [1.29, 1.82) is 0 Å². The summed E-state index contributed by atoms with van der Waals surface area (Å²) < 4.78 is 0. The number of amides is 1. The van der Waals surface area contributed by atoms with Crippen LogP contribution >= 0.6 is 11.8 Å². The highest BCUT2D eigenvalue weighted by Gasteiger charge is 2.42. The number of phenols is 2. The third kappa shape index (κ3) is 6.09. The van der Waals surface area contributed by atoms with E-state index in [2.05, 4.69) is 41.5 Å². The van der Waals surface area contributed by atoms with E-state index in [4.69, 9.17) is 0 Å². The van der Waals surface area contributed by atoms with E-state index in [0.29, 0.717) is 12.4 Å². The molecular formula is C32H37NO5S. The van der Waals surface area contributed by atoms with Gasteiger partial charge in [0.1, 0.15) is 11.5 Å². The molecule has 6 nitrogen and oxygen atoms in total. The topological polar surface area (TPSA) is 98.1 Å². The van der Waals surface area contributed by atoms with Crippen LogP contribution < -0.4 is 0 Å². The standard InChI is InChI=1S/C32H37NO5S/c1-31(2,3)25-15-21(34)11-13-23(25)27(24-14-12-22(35)16-26(24)32(4,5)6)28-29(36)33(18-39-28)17-19-7-9-20(10-8-19)30(37)38/h7-16,27-28,34-35H,17-18H2,1-6H3,(H,37,38). The Morgan fingerprint density at radius 2 is 1.36 bits per heavy atom. The van der Waals surface area contributed by atoms with Crippen LogP contribution in [0, 0.1) is 0 Å². The van der Waals surface area contributed by atoms with E-state index in [9.17, 15) is 24.9 Å². The molecule has 4 rings (SSSR count). The van der Waals surface area contributed by atoms with Crippen LogP contribution in [0.15, 0.2) is 60.7 Å². The fourth-order valence-corrected chi connectivity index (χ4v) is 6.58. The molecule has 0 bridgehead atoms. The van der Waals surface area contributed by atoms with Gasteiger partial charge in [0.05, 0.1) is 16.7 Å². The molecule has 1 saturated heterocycles. The largest absolute Gasteiger partial charge is 0.508 e. The molecule has 3 aromatic rings. The molecule has 1 amide bonds. The second-order valence-corrected chi connectivity index (χ2v) is 13.4. The fraction of sp³-hybridized carbons (Fsp3) is 0.375. The molecule has 0 saturated carbocycles. The molecule has 1 aliphatic rings. The van der Waals surface area contributed by atoms with Gasteiger partial charge in [0.2, 0.25) is 5.91 Å². The lowest BCUT2D eigenvalue weighted by atomic mass is 9.73. The highest BCUT2D eigenvalue weighted by molar-refractivity contribution is 8.01. The van der Waals surface area contributed by atoms with Crippen LogP contribution in [0.2, 0.25) is 0 Å². The normalized spacial score (nSPS) is 16.2. The number of aromatic carboxylic acids is 1. The van der Waals surface area contributed by atoms with Crippen LogP contribution in [0.1, 0.15) is 85.6 Å². The average Bonchev–Trinajstić information content (AvgIpc) is 3.19. The highest BCUT2D eigenvalue weighted by atomic mass is 32.2. The molecule has 0 radical (unpaired) electrons. The Balaban J connectivity index is 1.81. The van der Waals surface area contributed by atoms with Crippen molar-refractivity contribution >= 4 is 23.6 Å². The molecule has 1 unspecified atom stereocenters. The van der Waals surface area contributed by atoms with Crippen molar-refractivity contribution in [2.45, 2.75) is 70.1 Å². The van der Waals surface area contributed by atoms with Crippen molar-refractivity contribution in [3.8, 4) is 11.5 Å². The second kappa shape index (κ2) is 10.6. The predicted octanol–water partition coefficient (Wildman–Crippen LogP) is 6.62. The third-order valence-electron chi connectivity index (χ3n) is 7.20. The molecule has 0 spiro atoms. The van der Waals surface area contributed by atoms with Crippen LogP contribution in [0.25, 0.3) is 0 Å². The summed E-state index contributed by atoms with van der Waals surface area (Å²) in [4.78, 5) is 27.1. The van der Waals surface area contributed by atoms with Crippen molar-refractivity contribution in [3.05, 3.63) is 94.0 Å². The number of hydrogen-bond acceptors (Lipinski definition) is 5. The van der Waals surface area contributed by atoms with Crippen LogP contribution in [-0.2, 0) is 22.2 Å². The Kier molecular flexibility index (Phi) is 7.77. The summed E-state index contributed by atoms with van der Waals surface area (Å²) in [5, 5.41) is 29.6. The van der Waals surface area contributed by atoms with Crippen LogP contribution in [0.4, 0.5) is 0 Å². The maximum absolute atomic E-state index is 14.0. The van der Waals surface area contributed by atoms with Crippen LogP contribution in [0.5, 0.6) is 11.5 Å². The Morgan fingerprint density at radius 1 is 0.872 bits per heavy atom. The SMILES string of the molecule is CC(C)(C)c1cc(O)ccc1C(c1ccc(O)cc1C(C)(C)C)C1SCN(Cc2ccc(C(=O)O)cc2)C1=O. The first-order valence-electron chi connectivity index (χ1n) is 13.1. The summed E-state index contributed by atoms with van der Waals surface area (Å²) in [6, 6.07) is 17.4. The summed E-state index contributed by atoms with van der Waals surface area (Å²) in [5.41, 5.74) is 4.40. The first-order chi connectivity index (χ1) is 18.2. The molecule has 1 atom stereocenters. The number of carbonyl (C=O) groups is 2. The number of rotatable bonds is 6. The van der Waals surface area contributed by atoms with Gasteiger partial charge in [-0.15, -0.1) is 11.8 Å². The number of phenolic OH excluding ortho intramolecular Hbond substituents is 2. The highest BCUT2D eigenvalue weighted by Crippen LogP contribution is 2.47. The molecule has 0 aromatic heterocycles. The van der Waals surface area contributed by atoms with Crippen LogP contribution in [0.3, 0.4) is 0 Å². The zero-order chi connectivity index (χ0) is 28.7. The van der Waals surface area contributed by atoms with Crippen molar-refractivity contribution in [3.63, 3.8) is 0 Å². The van der Waals surface area contributed by atoms with Gasteiger partial charge < -0.3 is 20.2 Å². The Hall–Kier alpha value is -3.45. The lowest BCUT2D eigenvalue weighted by molar-refractivity contribution is -0.129. The number of benzene rings is 3. The fourth-order valence-electron chi connectivity index (χ4n) is 5.24. The third-order valence-corrected chi connectivity index (χ3v) is 8.50. The molecule has 206 valence electrons. The number of carboxylic acid groups (broad SMARTS) is 1. The maximum atomic E-state index is 14.0. The quantitative estimate of drug-likeness (QED) is 0.321. The van der Waals surface area contributed by atoms with Crippen molar-refractivity contribution in [2.75, 3.05) is 5.88 Å². The van der Waals surface area contributed by atoms with Gasteiger partial charge in [-0.25, -0.2) is 4.79 Å². The van der Waals surface area contributed by atoms with E-state index in [0.717, 1.165) is 27.8 Å². The minimum atomic E-state index is -0.982. The van der Waals surface area contributed by atoms with Gasteiger partial charge in [0.15, 0.2) is 0 Å². The van der Waals surface area contributed by atoms with Gasteiger partial charge in [-0.3, -0.25) is 4.79 Å². The van der Waals surface area contributed by atoms with Gasteiger partial charge >= 0.3 is 5.97 Å². The summed E-state index contributed by atoms with van der Waals surface area (Å²) in [6.07, 6.45) is 0. The zero-order valence-electron chi connectivity index (χ0n) is 23.4. The minimum absolute atomic E-state index is 0.00757. The predicted molar refractivity (Wildman–Crippen MR) is 156 cm³/mol. The summed E-state index contributed by atoms with van der Waals surface area (Å²) in [7, 11) is 0. The van der Waals surface area contributed by atoms with E-state index < -0.39 is 11.2 Å². The first kappa shape index (κ1) is 28.6. The maximum Gasteiger partial charge on any atom is 0.335 e. The molecule has 3 aromatic carbocycles. The molecule has 1 aliphatic heterocycles. The summed E-state index contributed by atoms with van der Waals surface area (Å²) in [6.45, 7) is 13.0. The van der Waals surface area contributed by atoms with Gasteiger partial charge in [-0.1, -0.05) is 65.8 Å². The van der Waals surface area contributed by atoms with E-state index in [1.165, 1.54) is 0 Å². The molecule has 1 fully saturated rings. The summed E-state index contributed by atoms with van der Waals surface area (Å²) >= 11 is 1.59. The monoisotopic (exact) mass is 547 g/mol. The molecule has 3 N–H and O–H groups in total. The van der Waals surface area contributed by atoms with Crippen LogP contribution in [-0.4, -0.2) is 43.2 Å². The lowest BCUT2D eigenvalue weighted by Crippen LogP contribution is -2.34. The number of hydrogen-bond donors (Lipinski definition) is 3. The van der Waals surface area contributed by atoms with Crippen molar-refractivity contribution in [2.24, 2.45) is 0 Å². The van der Waals surface area contributed by atoms with E-state index in [1.807, 2.05) is 17.0 Å². The van der Waals surface area contributed by atoms with Gasteiger partial charge in [0.25, 0.3) is 0 Å². The molecule has 39 heavy (non-hydrogen) atoms. The smallest absolute Gasteiger partial charge is 0.335 e. The minimum Gasteiger partial charge on any atom is -0.508 e. The molecular weight excluding hydrogens is 510 g/mol. The van der Waals surface area contributed by atoms with Gasteiger partial charge in [-0.05, 0) is 75.0 Å². The lowest BCUT2D eigenvalue weighted by Gasteiger charge is -2.34. The Morgan fingerprint density at radius 3 is 1.79 bits per heavy atom. The number of carboxylic acids is 1. The second-order valence-electron chi connectivity index (χ2n) is 12.3. The molecule has 1 heterocycles. The zero-order valence-corrected chi connectivity index (χ0v) is 24.2. The Labute approximate surface area is 234 Å². The Bertz CT molecular complexity index is 1320. The van der Waals surface area contributed by atoms with E-state index in [1.54, 1.807) is 60.3 Å². The van der Waals surface area contributed by atoms with Gasteiger partial charge in [-0.2, -0.15) is 0 Å². The first-order valence-corrected chi connectivity index (χ1v) is 14.1. The number of nitrogens with zero attached hydrogens (tertiary/aromatic N) is 1. The van der Waals surface area contributed by atoms with Crippen molar-refractivity contribution < 1.29 is 24.9 Å².